The van der Waals surface area contributed by atoms with Crippen molar-refractivity contribution in [2.24, 2.45) is 0 Å². The molecule has 4 aromatic rings. The minimum absolute atomic E-state index is 0.0476. The van der Waals surface area contributed by atoms with Gasteiger partial charge in [-0.25, -0.2) is 4.52 Å². The summed E-state index contributed by atoms with van der Waals surface area (Å²) in [4.78, 5) is 18.6. The van der Waals surface area contributed by atoms with E-state index in [2.05, 4.69) is 35.2 Å². The van der Waals surface area contributed by atoms with Gasteiger partial charge >= 0.3 is 0 Å². The monoisotopic (exact) mass is 495 g/mol. The van der Waals surface area contributed by atoms with E-state index in [1.165, 1.54) is 0 Å². The van der Waals surface area contributed by atoms with Gasteiger partial charge in [0.05, 0.1) is 23.4 Å². The number of nitrogens with zero attached hydrogens (tertiary/aromatic N) is 5. The third-order valence-corrected chi connectivity index (χ3v) is 7.63. The highest BCUT2D eigenvalue weighted by Crippen LogP contribution is 2.31. The van der Waals surface area contributed by atoms with E-state index in [1.54, 1.807) is 13.4 Å². The fraction of sp³-hybridized carbons (Fsp3) is 0.400. The van der Waals surface area contributed by atoms with Crippen molar-refractivity contribution in [2.75, 3.05) is 7.11 Å². The van der Waals surface area contributed by atoms with Gasteiger partial charge in [-0.05, 0) is 61.3 Å². The molecule has 37 heavy (non-hydrogen) atoms. The van der Waals surface area contributed by atoms with Crippen LogP contribution in [-0.4, -0.2) is 32.4 Å². The standard InChI is InChI=1S/C30H33N5O2/c1-3-4-9-28-27(18-21-10-12-22(13-11-21)26-8-6-5-7-23(26)19-31)29(36)34(30-32-20-33-35(28)30)24-14-16-25(37-2)17-15-24/h5-8,10-13,20,24-25H,3-4,9,14-18H2,1-2H3. The van der Waals surface area contributed by atoms with Crippen LogP contribution < -0.4 is 5.56 Å². The Balaban J connectivity index is 1.54. The Labute approximate surface area is 217 Å². The lowest BCUT2D eigenvalue weighted by atomic mass is 9.92. The lowest BCUT2D eigenvalue weighted by molar-refractivity contribution is 0.0583. The highest BCUT2D eigenvalue weighted by molar-refractivity contribution is 5.70. The van der Waals surface area contributed by atoms with Crippen LogP contribution in [0.2, 0.25) is 0 Å². The molecule has 2 aromatic carbocycles. The van der Waals surface area contributed by atoms with E-state index in [-0.39, 0.29) is 17.7 Å². The topological polar surface area (TPSA) is 85.2 Å². The zero-order valence-electron chi connectivity index (χ0n) is 21.6. The number of unbranched alkanes of at least 4 members (excludes halogenated alkanes) is 1. The van der Waals surface area contributed by atoms with Gasteiger partial charge in [-0.3, -0.25) is 9.36 Å². The van der Waals surface area contributed by atoms with Crippen LogP contribution in [0.4, 0.5) is 0 Å². The lowest BCUT2D eigenvalue weighted by Gasteiger charge is -2.29. The molecule has 0 bridgehead atoms. The van der Waals surface area contributed by atoms with Crippen LogP contribution in [0.25, 0.3) is 16.9 Å². The van der Waals surface area contributed by atoms with Crippen molar-refractivity contribution in [1.82, 2.24) is 19.2 Å². The Morgan fingerprint density at radius 2 is 1.84 bits per heavy atom. The van der Waals surface area contributed by atoms with Crippen molar-refractivity contribution in [2.45, 2.75) is 70.4 Å². The minimum atomic E-state index is 0.0476. The van der Waals surface area contributed by atoms with E-state index in [0.717, 1.165) is 72.9 Å². The second kappa shape index (κ2) is 11.1. The third kappa shape index (κ3) is 4.94. The zero-order chi connectivity index (χ0) is 25.8. The molecule has 5 rings (SSSR count). The fourth-order valence-electron chi connectivity index (χ4n) is 5.56. The third-order valence-electron chi connectivity index (χ3n) is 7.63. The average Bonchev–Trinajstić information content (AvgIpc) is 3.43. The highest BCUT2D eigenvalue weighted by Gasteiger charge is 2.27. The molecule has 1 saturated carbocycles. The first-order valence-electron chi connectivity index (χ1n) is 13.2. The summed E-state index contributed by atoms with van der Waals surface area (Å²) in [6.07, 6.45) is 8.80. The summed E-state index contributed by atoms with van der Waals surface area (Å²) >= 11 is 0. The molecule has 1 aliphatic rings. The van der Waals surface area contributed by atoms with Gasteiger partial charge in [-0.1, -0.05) is 55.8 Å². The first-order chi connectivity index (χ1) is 18.1. The first kappa shape index (κ1) is 24.9. The molecule has 190 valence electrons. The molecule has 0 unspecified atom stereocenters. The number of benzene rings is 2. The summed E-state index contributed by atoms with van der Waals surface area (Å²) < 4.78 is 9.35. The van der Waals surface area contributed by atoms with E-state index in [0.29, 0.717) is 17.8 Å². The quantitative estimate of drug-likeness (QED) is 0.323. The van der Waals surface area contributed by atoms with Crippen molar-refractivity contribution in [3.05, 3.63) is 87.6 Å². The van der Waals surface area contributed by atoms with Crippen molar-refractivity contribution < 1.29 is 4.74 Å². The number of rotatable bonds is 8. The number of methoxy groups -OCH3 is 1. The molecule has 0 spiro atoms. The van der Waals surface area contributed by atoms with Gasteiger partial charge in [0.25, 0.3) is 5.56 Å². The van der Waals surface area contributed by atoms with Crippen LogP contribution in [0.1, 0.15) is 73.9 Å². The van der Waals surface area contributed by atoms with Crippen LogP contribution in [-0.2, 0) is 17.6 Å². The van der Waals surface area contributed by atoms with Crippen LogP contribution in [0, 0.1) is 11.3 Å². The lowest BCUT2D eigenvalue weighted by Crippen LogP contribution is -2.35. The molecular formula is C30H33N5O2. The average molecular weight is 496 g/mol. The normalized spacial score (nSPS) is 17.6. The molecule has 0 N–H and O–H groups in total. The van der Waals surface area contributed by atoms with Crippen molar-refractivity contribution in [3.63, 3.8) is 0 Å². The SMILES string of the molecule is CCCCc1c(Cc2ccc(-c3ccccc3C#N)cc2)c(=O)n(C2CCC(OC)CC2)c2ncnn12. The van der Waals surface area contributed by atoms with Gasteiger partial charge in [0, 0.05) is 25.1 Å². The van der Waals surface area contributed by atoms with Crippen LogP contribution in [0.3, 0.4) is 0 Å². The van der Waals surface area contributed by atoms with E-state index in [1.807, 2.05) is 45.5 Å². The summed E-state index contributed by atoms with van der Waals surface area (Å²) in [5.74, 6) is 0.643. The summed E-state index contributed by atoms with van der Waals surface area (Å²) in [6, 6.07) is 18.2. The second-order valence-electron chi connectivity index (χ2n) is 9.87. The maximum Gasteiger partial charge on any atom is 0.259 e. The Kier molecular flexibility index (Phi) is 7.47. The molecule has 7 heteroatoms. The van der Waals surface area contributed by atoms with E-state index in [4.69, 9.17) is 4.74 Å². The molecule has 2 aromatic heterocycles. The fourth-order valence-corrected chi connectivity index (χ4v) is 5.56. The molecule has 1 aliphatic carbocycles. The van der Waals surface area contributed by atoms with Crippen LogP contribution in [0.5, 0.6) is 0 Å². The minimum Gasteiger partial charge on any atom is -0.381 e. The number of ether oxygens (including phenoxy) is 1. The number of fused-ring (bicyclic) bond motifs is 1. The molecule has 2 heterocycles. The van der Waals surface area contributed by atoms with E-state index < -0.39 is 0 Å². The molecule has 0 radical (unpaired) electrons. The van der Waals surface area contributed by atoms with Gasteiger partial charge < -0.3 is 4.74 Å². The number of aryl methyl sites for hydroxylation is 1. The number of aromatic nitrogens is 4. The molecule has 0 atom stereocenters. The molecule has 7 nitrogen and oxygen atoms in total. The molecule has 0 aliphatic heterocycles. The largest absolute Gasteiger partial charge is 0.381 e. The van der Waals surface area contributed by atoms with Gasteiger partial charge in [0.1, 0.15) is 6.33 Å². The Morgan fingerprint density at radius 3 is 2.54 bits per heavy atom. The summed E-state index contributed by atoms with van der Waals surface area (Å²) in [5, 5.41) is 14.0. The zero-order valence-corrected chi connectivity index (χ0v) is 21.6. The van der Waals surface area contributed by atoms with E-state index in [9.17, 15) is 10.1 Å². The first-order valence-corrected chi connectivity index (χ1v) is 13.2. The van der Waals surface area contributed by atoms with Gasteiger partial charge in [0.15, 0.2) is 0 Å². The Hall–Kier alpha value is -3.76. The van der Waals surface area contributed by atoms with Crippen molar-refractivity contribution >= 4 is 5.78 Å². The Morgan fingerprint density at radius 1 is 1.08 bits per heavy atom. The number of hydrogen-bond donors (Lipinski definition) is 0. The van der Waals surface area contributed by atoms with Crippen LogP contribution in [0.15, 0.2) is 59.7 Å². The van der Waals surface area contributed by atoms with Crippen LogP contribution >= 0.6 is 0 Å². The maximum absolute atomic E-state index is 14.1. The molecule has 1 fully saturated rings. The van der Waals surface area contributed by atoms with Crippen molar-refractivity contribution in [3.8, 4) is 17.2 Å². The molecule has 0 amide bonds. The Bertz CT molecular complexity index is 1470. The van der Waals surface area contributed by atoms with Gasteiger partial charge in [-0.15, -0.1) is 0 Å². The van der Waals surface area contributed by atoms with Crippen molar-refractivity contribution in [1.29, 1.82) is 5.26 Å². The van der Waals surface area contributed by atoms with Gasteiger partial charge in [-0.2, -0.15) is 15.3 Å². The highest BCUT2D eigenvalue weighted by atomic mass is 16.5. The van der Waals surface area contributed by atoms with E-state index >= 15 is 0 Å². The predicted octanol–water partition coefficient (Wildman–Crippen LogP) is 5.49. The molecule has 0 saturated heterocycles. The van der Waals surface area contributed by atoms with Gasteiger partial charge in [0.2, 0.25) is 5.78 Å². The summed E-state index contributed by atoms with van der Waals surface area (Å²) in [5.41, 5.74) is 5.42. The number of nitriles is 1. The maximum atomic E-state index is 14.1. The summed E-state index contributed by atoms with van der Waals surface area (Å²) in [6.45, 7) is 2.16. The molecular weight excluding hydrogens is 462 g/mol. The smallest absolute Gasteiger partial charge is 0.259 e. The predicted molar refractivity (Wildman–Crippen MR) is 144 cm³/mol. The summed E-state index contributed by atoms with van der Waals surface area (Å²) in [7, 11) is 1.76. The number of hydrogen-bond acceptors (Lipinski definition) is 5. The second-order valence-corrected chi connectivity index (χ2v) is 9.87.